The van der Waals surface area contributed by atoms with E-state index in [0.717, 1.165) is 0 Å². The van der Waals surface area contributed by atoms with Gasteiger partial charge in [0.2, 0.25) is 3.24 Å². The quantitative estimate of drug-likeness (QED) is 0.624. The Bertz CT molecular complexity index is 70.3. The summed E-state index contributed by atoms with van der Waals surface area (Å²) in [4.78, 5) is 0. The fourth-order valence-corrected chi connectivity index (χ4v) is 0. The summed E-state index contributed by atoms with van der Waals surface area (Å²) in [6.45, 7) is 0. The van der Waals surface area contributed by atoms with Gasteiger partial charge < -0.3 is 0 Å². The van der Waals surface area contributed by atoms with Crippen LogP contribution in [0.1, 0.15) is 0 Å². The van der Waals surface area contributed by atoms with E-state index in [9.17, 15) is 8.78 Å². The molecule has 0 fully saturated rings. The third-order valence-corrected chi connectivity index (χ3v) is 2.00. The minimum Gasteiger partial charge on any atom is -0.184 e. The van der Waals surface area contributed by atoms with E-state index < -0.39 is 8.62 Å². The molecule has 0 radical (unpaired) electrons. The van der Waals surface area contributed by atoms with E-state index in [2.05, 4.69) is 27.5 Å². The van der Waals surface area contributed by atoms with Crippen molar-refractivity contribution in [3.63, 3.8) is 0 Å². The van der Waals surface area contributed by atoms with Crippen LogP contribution in [-0.2, 0) is 0 Å². The van der Waals surface area contributed by atoms with Gasteiger partial charge in [0.15, 0.2) is 0 Å². The van der Waals surface area contributed by atoms with Gasteiger partial charge in [-0.25, -0.2) is 0 Å². The predicted molar refractivity (Wildman–Crippen MR) is 34.2 cm³/mol. The van der Waals surface area contributed by atoms with Crippen molar-refractivity contribution >= 4 is 50.7 Å². The van der Waals surface area contributed by atoms with Crippen LogP contribution in [0.15, 0.2) is 0 Å². The number of hydrogen-bond acceptors (Lipinski definition) is 0. The topological polar surface area (TPSA) is 0 Å². The minimum absolute atomic E-state index is 2.25. The van der Waals surface area contributed by atoms with E-state index in [1.54, 1.807) is 0 Å². The predicted octanol–water partition coefficient (Wildman–Crippen LogP) is 3.34. The van der Waals surface area contributed by atoms with E-state index in [-0.39, 0.29) is 0 Å². The first-order chi connectivity index (χ1) is 3.25. The summed E-state index contributed by atoms with van der Waals surface area (Å²) in [6, 6.07) is 0. The molecular weight excluding hydrogens is 248 g/mol. The second-order valence-electron chi connectivity index (χ2n) is 0.996. The molecule has 0 saturated carbocycles. The Morgan fingerprint density at radius 3 is 1.25 bits per heavy atom. The van der Waals surface area contributed by atoms with Crippen molar-refractivity contribution in [2.24, 2.45) is 0 Å². The molecule has 0 spiro atoms. The fraction of sp³-hybridized carbons (Fsp3) is 1.00. The van der Waals surface area contributed by atoms with Gasteiger partial charge in [-0.15, -0.1) is 0 Å². The molecule has 0 saturated heterocycles. The lowest BCUT2D eigenvalue weighted by molar-refractivity contribution is 0.105. The molecule has 0 aromatic heterocycles. The van der Waals surface area contributed by atoms with Crippen LogP contribution in [0, 0.1) is 0 Å². The molecular formula is C2BrCl3F2. The van der Waals surface area contributed by atoms with Gasteiger partial charge in [0.1, 0.15) is 0 Å². The molecule has 0 aliphatic carbocycles. The molecule has 0 bridgehead atoms. The number of rotatable bonds is 1. The Labute approximate surface area is 68.2 Å². The van der Waals surface area contributed by atoms with Gasteiger partial charge in [-0.2, -0.15) is 8.78 Å². The molecule has 0 rings (SSSR count). The Morgan fingerprint density at radius 2 is 1.25 bits per heavy atom. The van der Waals surface area contributed by atoms with Crippen LogP contribution in [0.3, 0.4) is 0 Å². The average Bonchev–Trinajstić information content (AvgIpc) is 1.25. The number of alkyl halides is 6. The molecule has 6 heteroatoms. The summed E-state index contributed by atoms with van der Waals surface area (Å²) >= 11 is 16.2. The lowest BCUT2D eigenvalue weighted by Gasteiger charge is -2.15. The van der Waals surface area contributed by atoms with E-state index in [1.165, 1.54) is 0 Å². The van der Waals surface area contributed by atoms with Crippen LogP contribution in [-0.4, -0.2) is 8.62 Å². The fourth-order valence-electron chi connectivity index (χ4n) is 0. The van der Waals surface area contributed by atoms with Gasteiger partial charge in [0.05, 0.1) is 0 Å². The van der Waals surface area contributed by atoms with Crippen molar-refractivity contribution < 1.29 is 8.78 Å². The van der Waals surface area contributed by atoms with Crippen LogP contribution in [0.2, 0.25) is 0 Å². The second-order valence-corrected chi connectivity index (χ2v) is 4.90. The Balaban J connectivity index is 4.02. The highest BCUT2D eigenvalue weighted by atomic mass is 79.9. The summed E-state index contributed by atoms with van der Waals surface area (Å²) in [7, 11) is 0. The highest BCUT2D eigenvalue weighted by Crippen LogP contribution is 2.46. The van der Waals surface area contributed by atoms with Gasteiger partial charge in [-0.1, -0.05) is 23.2 Å². The number of hydrogen-bond donors (Lipinski definition) is 0. The minimum atomic E-state index is -3.64. The Morgan fingerprint density at radius 1 is 1.12 bits per heavy atom. The van der Waals surface area contributed by atoms with Crippen LogP contribution in [0.25, 0.3) is 0 Å². The van der Waals surface area contributed by atoms with E-state index in [1.807, 2.05) is 0 Å². The second kappa shape index (κ2) is 2.45. The van der Waals surface area contributed by atoms with Gasteiger partial charge in [0.25, 0.3) is 0 Å². The SMILES string of the molecule is FC(F)(Cl)C(Cl)(Cl)Br. The summed E-state index contributed by atoms with van der Waals surface area (Å²) in [5.41, 5.74) is 0. The van der Waals surface area contributed by atoms with Crippen LogP contribution in [0.5, 0.6) is 0 Å². The molecule has 0 atom stereocenters. The third-order valence-electron chi connectivity index (χ3n) is 0.321. The van der Waals surface area contributed by atoms with E-state index in [4.69, 9.17) is 23.2 Å². The first-order valence-electron chi connectivity index (χ1n) is 1.38. The zero-order valence-corrected chi connectivity index (χ0v) is 7.12. The standard InChI is InChI=1S/C2BrCl3F2/c3-1(4,5)2(6,7)8. The molecule has 0 heterocycles. The smallest absolute Gasteiger partial charge is 0.184 e. The average molecular weight is 248 g/mol. The molecule has 0 unspecified atom stereocenters. The zero-order valence-electron chi connectivity index (χ0n) is 3.27. The molecule has 0 nitrogen and oxygen atoms in total. The lowest BCUT2D eigenvalue weighted by atomic mass is 10.8. The van der Waals surface area contributed by atoms with Gasteiger partial charge >= 0.3 is 5.38 Å². The van der Waals surface area contributed by atoms with E-state index >= 15 is 0 Å². The van der Waals surface area contributed by atoms with Crippen LogP contribution >= 0.6 is 50.7 Å². The summed E-state index contributed by atoms with van der Waals surface area (Å²) in [6.07, 6.45) is 0. The van der Waals surface area contributed by atoms with Crippen molar-refractivity contribution in [1.82, 2.24) is 0 Å². The maximum atomic E-state index is 11.7. The summed E-state index contributed by atoms with van der Waals surface area (Å²) in [5.74, 6) is 0. The van der Waals surface area contributed by atoms with Gasteiger partial charge in [-0.05, 0) is 27.5 Å². The van der Waals surface area contributed by atoms with Crippen molar-refractivity contribution in [3.05, 3.63) is 0 Å². The largest absolute Gasteiger partial charge is 0.364 e. The third kappa shape index (κ3) is 2.67. The number of halogens is 6. The normalized spacial score (nSPS) is 14.2. The van der Waals surface area contributed by atoms with Crippen molar-refractivity contribution in [2.45, 2.75) is 8.62 Å². The highest BCUT2D eigenvalue weighted by molar-refractivity contribution is 9.11. The molecule has 0 amide bonds. The van der Waals surface area contributed by atoms with E-state index in [0.29, 0.717) is 0 Å². The summed E-state index contributed by atoms with van der Waals surface area (Å²) in [5, 5.41) is -3.64. The maximum absolute atomic E-state index is 11.7. The van der Waals surface area contributed by atoms with Gasteiger partial charge in [-0.3, -0.25) is 0 Å². The monoisotopic (exact) mass is 246 g/mol. The molecule has 50 valence electrons. The Kier molecular flexibility index (Phi) is 2.82. The molecule has 0 aromatic carbocycles. The Hall–Kier alpha value is 1.21. The van der Waals surface area contributed by atoms with Crippen molar-refractivity contribution in [3.8, 4) is 0 Å². The molecule has 0 N–H and O–H groups in total. The molecule has 0 aliphatic heterocycles. The molecule has 0 aromatic rings. The molecule has 8 heavy (non-hydrogen) atoms. The van der Waals surface area contributed by atoms with Crippen molar-refractivity contribution in [1.29, 1.82) is 0 Å². The van der Waals surface area contributed by atoms with Gasteiger partial charge in [0, 0.05) is 0 Å². The van der Waals surface area contributed by atoms with Crippen LogP contribution < -0.4 is 0 Å². The van der Waals surface area contributed by atoms with Crippen LogP contribution in [0.4, 0.5) is 8.78 Å². The van der Waals surface area contributed by atoms with Crippen molar-refractivity contribution in [2.75, 3.05) is 0 Å². The first-order valence-corrected chi connectivity index (χ1v) is 3.31. The maximum Gasteiger partial charge on any atom is 0.364 e. The molecule has 0 aliphatic rings. The first kappa shape index (κ1) is 9.21. The summed E-state index contributed by atoms with van der Waals surface area (Å²) < 4.78 is 21.0. The lowest BCUT2D eigenvalue weighted by Crippen LogP contribution is -2.25. The highest BCUT2D eigenvalue weighted by Gasteiger charge is 2.48. The zero-order chi connectivity index (χ0) is 7.00.